The fourth-order valence-corrected chi connectivity index (χ4v) is 4.51. The van der Waals surface area contributed by atoms with E-state index in [1.54, 1.807) is 20.8 Å². The molecule has 39 heavy (non-hydrogen) atoms. The molecule has 0 aromatic carbocycles. The zero-order valence-electron chi connectivity index (χ0n) is 21.2. The van der Waals surface area contributed by atoms with Crippen LogP contribution in [0.5, 0.6) is 0 Å². The van der Waals surface area contributed by atoms with Gasteiger partial charge in [-0.25, -0.2) is 33.7 Å². The van der Waals surface area contributed by atoms with Gasteiger partial charge in [0, 0.05) is 31.6 Å². The number of carbonyl (C=O) groups is 5. The molecule has 3 heterocycles. The number of hydrogen-bond donors (Lipinski definition) is 5. The summed E-state index contributed by atoms with van der Waals surface area (Å²) in [6.07, 6.45) is 0. The second-order valence-corrected chi connectivity index (χ2v) is 11.5. The van der Waals surface area contributed by atoms with Gasteiger partial charge in [-0.1, -0.05) is 5.16 Å². The maximum Gasteiger partial charge on any atom is 0.340 e. The normalized spacial score (nSPS) is 18.1. The highest BCUT2D eigenvalue weighted by Gasteiger charge is 2.44. The molecule has 1 aromatic rings. The minimum atomic E-state index is -4.80. The average Bonchev–Trinajstić information content (AvgIpc) is 3.40. The predicted molar refractivity (Wildman–Crippen MR) is 136 cm³/mol. The van der Waals surface area contributed by atoms with Gasteiger partial charge in [-0.2, -0.15) is 8.42 Å². The van der Waals surface area contributed by atoms with Crippen LogP contribution in [0.4, 0.5) is 19.5 Å². The molecule has 2 saturated heterocycles. The molecule has 0 unspecified atom stereocenters. The largest absolute Gasteiger partial charge is 0.389 e. The topological polar surface area (TPSA) is 252 Å². The van der Waals surface area contributed by atoms with Gasteiger partial charge in [-0.15, -0.1) is 11.3 Å². The Morgan fingerprint density at radius 1 is 1.18 bits per heavy atom. The van der Waals surface area contributed by atoms with Gasteiger partial charge in [0.1, 0.15) is 17.3 Å². The quantitative estimate of drug-likeness (QED) is 0.125. The van der Waals surface area contributed by atoms with E-state index >= 15 is 0 Å². The molecular weight excluding hydrogens is 560 g/mol. The Balaban J connectivity index is 1.57. The van der Waals surface area contributed by atoms with Crippen LogP contribution >= 0.6 is 11.3 Å². The molecule has 0 spiro atoms. The van der Waals surface area contributed by atoms with Crippen LogP contribution in [-0.4, -0.2) is 108 Å². The number of nitrogens with zero attached hydrogens (tertiary/aromatic N) is 5. The van der Waals surface area contributed by atoms with E-state index in [4.69, 9.17) is 16.3 Å². The molecule has 2 aliphatic rings. The summed E-state index contributed by atoms with van der Waals surface area (Å²) in [6.45, 7) is 5.12. The molecule has 0 saturated carbocycles. The van der Waals surface area contributed by atoms with Crippen molar-refractivity contribution in [3.8, 4) is 0 Å². The molecule has 0 radical (unpaired) electrons. The van der Waals surface area contributed by atoms with E-state index in [-0.39, 0.29) is 49.3 Å². The van der Waals surface area contributed by atoms with Crippen molar-refractivity contribution >= 4 is 62.3 Å². The molecular formula is C19H28N10O8S2. The smallest absolute Gasteiger partial charge is 0.340 e. The third-order valence-corrected chi connectivity index (χ3v) is 6.61. The first-order valence-corrected chi connectivity index (χ1v) is 13.7. The summed E-state index contributed by atoms with van der Waals surface area (Å²) in [4.78, 5) is 73.7. The Hall–Kier alpha value is -4.04. The third-order valence-electron chi connectivity index (χ3n) is 5.05. The number of likely N-dealkylation sites (tertiary alicyclic amines) is 1. The highest BCUT2D eigenvalue weighted by molar-refractivity contribution is 7.88. The third kappa shape index (κ3) is 7.29. The van der Waals surface area contributed by atoms with E-state index < -0.39 is 51.8 Å². The number of rotatable bonds is 8. The minimum absolute atomic E-state index is 0.0836. The van der Waals surface area contributed by atoms with Crippen LogP contribution in [0.1, 0.15) is 26.5 Å². The second-order valence-electron chi connectivity index (χ2n) is 9.22. The minimum Gasteiger partial charge on any atom is -0.389 e. The van der Waals surface area contributed by atoms with Crippen molar-refractivity contribution < 1.29 is 37.2 Å². The molecule has 1 aromatic heterocycles. The van der Waals surface area contributed by atoms with Crippen LogP contribution < -0.4 is 26.2 Å². The number of nitrogens with two attached hydrogens (primary N) is 2. The van der Waals surface area contributed by atoms with Gasteiger partial charge < -0.3 is 26.5 Å². The number of amides is 8. The molecule has 7 N–H and O–H groups in total. The second kappa shape index (κ2) is 11.4. The van der Waals surface area contributed by atoms with Crippen molar-refractivity contribution in [1.82, 2.24) is 34.4 Å². The number of urea groups is 3. The Morgan fingerprint density at radius 3 is 2.36 bits per heavy atom. The standard InChI is InChI=1S/C19H28N10O8S2/c1-19(2,3)37-24-12(11-9-38-15(21)23-11)13(30)22-10-8-29(14(10)31)17(33)26-39(35,36)25-16(32)28-7-6-27(5-4-20)18(28)34/h9-10H,4-8,20H2,1-3H3,(H2,21,23)(H,22,30)(H,25,32)(H,26,33)/t10-/m0/s1. The lowest BCUT2D eigenvalue weighted by Gasteiger charge is -2.36. The van der Waals surface area contributed by atoms with Crippen LogP contribution in [0.25, 0.3) is 0 Å². The van der Waals surface area contributed by atoms with Crippen LogP contribution in [0, 0.1) is 0 Å². The first-order chi connectivity index (χ1) is 18.1. The molecule has 20 heteroatoms. The number of hydrogen-bond acceptors (Lipinski definition) is 13. The van der Waals surface area contributed by atoms with Crippen molar-refractivity contribution in [2.24, 2.45) is 10.9 Å². The number of β-lactam (4-membered cyclic amide) rings is 1. The number of anilines is 1. The van der Waals surface area contributed by atoms with Crippen LogP contribution in [0.3, 0.4) is 0 Å². The summed E-state index contributed by atoms with van der Waals surface area (Å²) < 4.78 is 27.5. The molecule has 0 aliphatic carbocycles. The Bertz CT molecular complexity index is 1310. The highest BCUT2D eigenvalue weighted by atomic mass is 32.2. The molecule has 2 aliphatic heterocycles. The zero-order chi connectivity index (χ0) is 29.1. The first-order valence-electron chi connectivity index (χ1n) is 11.4. The van der Waals surface area contributed by atoms with Gasteiger partial charge in [0.05, 0.1) is 6.54 Å². The number of oxime groups is 1. The Kier molecular flexibility index (Phi) is 8.61. The van der Waals surface area contributed by atoms with Crippen LogP contribution in [-0.2, 0) is 24.6 Å². The van der Waals surface area contributed by atoms with Gasteiger partial charge in [-0.05, 0) is 20.8 Å². The summed E-state index contributed by atoms with van der Waals surface area (Å²) in [5, 5.41) is 7.83. The maximum atomic E-state index is 12.8. The van der Waals surface area contributed by atoms with Crippen LogP contribution in [0.2, 0.25) is 0 Å². The molecule has 214 valence electrons. The van der Waals surface area contributed by atoms with E-state index in [2.05, 4.69) is 15.5 Å². The van der Waals surface area contributed by atoms with E-state index in [0.29, 0.717) is 9.80 Å². The number of imide groups is 2. The van der Waals surface area contributed by atoms with Crippen molar-refractivity contribution in [2.75, 3.05) is 38.5 Å². The summed E-state index contributed by atoms with van der Waals surface area (Å²) >= 11 is 1.05. The van der Waals surface area contributed by atoms with Crippen LogP contribution in [0.15, 0.2) is 10.5 Å². The van der Waals surface area contributed by atoms with Gasteiger partial charge in [0.15, 0.2) is 10.8 Å². The van der Waals surface area contributed by atoms with Crippen molar-refractivity contribution in [1.29, 1.82) is 0 Å². The average molecular weight is 589 g/mol. The zero-order valence-corrected chi connectivity index (χ0v) is 22.8. The van der Waals surface area contributed by atoms with E-state index in [1.807, 2.05) is 0 Å². The lowest BCUT2D eigenvalue weighted by atomic mass is 10.1. The van der Waals surface area contributed by atoms with Crippen molar-refractivity contribution in [3.05, 3.63) is 11.1 Å². The monoisotopic (exact) mass is 588 g/mol. The van der Waals surface area contributed by atoms with Gasteiger partial charge in [0.25, 0.3) is 11.8 Å². The predicted octanol–water partition coefficient (Wildman–Crippen LogP) is -2.07. The van der Waals surface area contributed by atoms with Crippen molar-refractivity contribution in [2.45, 2.75) is 32.4 Å². The van der Waals surface area contributed by atoms with Gasteiger partial charge in [0.2, 0.25) is 0 Å². The van der Waals surface area contributed by atoms with Gasteiger partial charge >= 0.3 is 28.3 Å². The van der Waals surface area contributed by atoms with E-state index in [1.165, 1.54) is 19.7 Å². The number of thiazole rings is 1. The summed E-state index contributed by atoms with van der Waals surface area (Å²) in [5.41, 5.74) is 10.1. The lowest BCUT2D eigenvalue weighted by Crippen LogP contribution is -2.68. The Labute approximate surface area is 226 Å². The molecule has 1 atom stereocenters. The highest BCUT2D eigenvalue weighted by Crippen LogP contribution is 2.16. The molecule has 18 nitrogen and oxygen atoms in total. The van der Waals surface area contributed by atoms with E-state index in [0.717, 1.165) is 11.3 Å². The number of nitrogens with one attached hydrogen (secondary N) is 3. The lowest BCUT2D eigenvalue weighted by molar-refractivity contribution is -0.141. The van der Waals surface area contributed by atoms with E-state index in [9.17, 15) is 32.4 Å². The maximum absolute atomic E-state index is 12.8. The summed E-state index contributed by atoms with van der Waals surface area (Å²) in [5.74, 6) is -1.77. The summed E-state index contributed by atoms with van der Waals surface area (Å²) in [6, 6.07) is -4.59. The fraction of sp³-hybridized carbons (Fsp3) is 0.526. The first kappa shape index (κ1) is 29.5. The number of aromatic nitrogens is 1. The van der Waals surface area contributed by atoms with Gasteiger partial charge in [-0.3, -0.25) is 14.5 Å². The molecule has 0 bridgehead atoms. The molecule has 8 amide bonds. The summed E-state index contributed by atoms with van der Waals surface area (Å²) in [7, 11) is -4.80. The molecule has 3 rings (SSSR count). The Morgan fingerprint density at radius 2 is 1.82 bits per heavy atom. The molecule has 2 fully saturated rings. The number of nitrogen functional groups attached to an aromatic ring is 1. The fourth-order valence-electron chi connectivity index (χ4n) is 3.23. The van der Waals surface area contributed by atoms with Crippen molar-refractivity contribution in [3.63, 3.8) is 0 Å². The number of carbonyl (C=O) groups excluding carboxylic acids is 5. The SMILES string of the molecule is CC(C)(C)ON=C(C(=O)N[C@H]1CN(C(=O)NS(=O)(=O)NC(=O)N2CCN(CCN)C2=O)C1=O)c1csc(N)n1.